The fourth-order valence-electron chi connectivity index (χ4n) is 2.70. The minimum absolute atomic E-state index is 0.229. The first-order valence-electron chi connectivity index (χ1n) is 6.60. The summed E-state index contributed by atoms with van der Waals surface area (Å²) in [6, 6.07) is 14.1. The van der Waals surface area contributed by atoms with Gasteiger partial charge >= 0.3 is 0 Å². The van der Waals surface area contributed by atoms with Crippen LogP contribution < -0.4 is 5.73 Å². The molecule has 3 heteroatoms. The van der Waals surface area contributed by atoms with E-state index >= 15 is 0 Å². The number of amides is 1. The molecular formula is C16H16N2O. The number of nitrogens with zero attached hydrogens (tertiary/aromatic N) is 1. The highest BCUT2D eigenvalue weighted by molar-refractivity contribution is 5.82. The molecule has 0 fully saturated rings. The Labute approximate surface area is 112 Å². The van der Waals surface area contributed by atoms with Crippen LogP contribution >= 0.6 is 0 Å². The number of pyridine rings is 1. The Morgan fingerprint density at radius 3 is 2.68 bits per heavy atom. The van der Waals surface area contributed by atoms with Gasteiger partial charge in [-0.25, -0.2) is 0 Å². The van der Waals surface area contributed by atoms with Gasteiger partial charge in [-0.15, -0.1) is 0 Å². The summed E-state index contributed by atoms with van der Waals surface area (Å²) in [5.74, 6) is -0.494. The fourth-order valence-corrected chi connectivity index (χ4v) is 2.70. The average molecular weight is 252 g/mol. The zero-order valence-electron chi connectivity index (χ0n) is 10.7. The maximum absolute atomic E-state index is 11.5. The van der Waals surface area contributed by atoms with Gasteiger partial charge in [0, 0.05) is 5.56 Å². The number of benzene rings is 1. The molecule has 19 heavy (non-hydrogen) atoms. The molecule has 2 aromatic rings. The van der Waals surface area contributed by atoms with Gasteiger partial charge in [-0.3, -0.25) is 9.78 Å². The Morgan fingerprint density at radius 1 is 1.16 bits per heavy atom. The van der Waals surface area contributed by atoms with E-state index in [0.717, 1.165) is 41.8 Å². The highest BCUT2D eigenvalue weighted by Gasteiger charge is 2.26. The highest BCUT2D eigenvalue weighted by atomic mass is 16.1. The minimum Gasteiger partial charge on any atom is -0.369 e. The molecule has 3 rings (SSSR count). The van der Waals surface area contributed by atoms with Gasteiger partial charge in [-0.1, -0.05) is 36.4 Å². The largest absolute Gasteiger partial charge is 0.369 e. The summed E-state index contributed by atoms with van der Waals surface area (Å²) in [5, 5.41) is 0. The second-order valence-corrected chi connectivity index (χ2v) is 4.95. The number of carbonyl (C=O) groups excluding carboxylic acids is 1. The summed E-state index contributed by atoms with van der Waals surface area (Å²) < 4.78 is 0. The van der Waals surface area contributed by atoms with Crippen LogP contribution in [0.15, 0.2) is 42.5 Å². The van der Waals surface area contributed by atoms with E-state index in [0.29, 0.717) is 0 Å². The molecule has 0 bridgehead atoms. The molecule has 0 saturated carbocycles. The van der Waals surface area contributed by atoms with Crippen LogP contribution in [0, 0.1) is 0 Å². The van der Waals surface area contributed by atoms with Crippen LogP contribution in [0.1, 0.15) is 30.0 Å². The van der Waals surface area contributed by atoms with Gasteiger partial charge < -0.3 is 5.73 Å². The Hall–Kier alpha value is -2.16. The molecule has 1 atom stereocenters. The smallest absolute Gasteiger partial charge is 0.226 e. The van der Waals surface area contributed by atoms with Crippen LogP contribution in [0.2, 0.25) is 0 Å². The molecule has 1 aromatic heterocycles. The quantitative estimate of drug-likeness (QED) is 0.893. The summed E-state index contributed by atoms with van der Waals surface area (Å²) in [5.41, 5.74) is 9.51. The van der Waals surface area contributed by atoms with Crippen molar-refractivity contribution in [2.24, 2.45) is 5.73 Å². The molecule has 1 aliphatic carbocycles. The van der Waals surface area contributed by atoms with Gasteiger partial charge in [0.2, 0.25) is 5.91 Å². The van der Waals surface area contributed by atoms with Crippen molar-refractivity contribution in [3.8, 4) is 11.3 Å². The molecule has 1 aliphatic rings. The van der Waals surface area contributed by atoms with Crippen LogP contribution in [-0.4, -0.2) is 10.9 Å². The maximum Gasteiger partial charge on any atom is 0.226 e. The van der Waals surface area contributed by atoms with Gasteiger partial charge in [0.1, 0.15) is 0 Å². The third kappa shape index (κ3) is 2.24. The molecule has 96 valence electrons. The van der Waals surface area contributed by atoms with E-state index < -0.39 is 0 Å². The van der Waals surface area contributed by atoms with Crippen LogP contribution in [0.4, 0.5) is 0 Å². The van der Waals surface area contributed by atoms with Crippen molar-refractivity contribution in [2.75, 3.05) is 0 Å². The summed E-state index contributed by atoms with van der Waals surface area (Å²) in [6.45, 7) is 0. The lowest BCUT2D eigenvalue weighted by Gasteiger charge is -2.22. The van der Waals surface area contributed by atoms with Crippen LogP contribution in [0.25, 0.3) is 11.3 Å². The van der Waals surface area contributed by atoms with Crippen molar-refractivity contribution in [2.45, 2.75) is 25.2 Å². The summed E-state index contributed by atoms with van der Waals surface area (Å²) in [7, 11) is 0. The lowest BCUT2D eigenvalue weighted by molar-refractivity contribution is -0.119. The van der Waals surface area contributed by atoms with Gasteiger partial charge in [0.05, 0.1) is 17.3 Å². The number of rotatable bonds is 2. The molecule has 1 amide bonds. The average Bonchev–Trinajstić information content (AvgIpc) is 2.47. The molecule has 1 aromatic carbocycles. The molecule has 0 aliphatic heterocycles. The molecule has 3 nitrogen and oxygen atoms in total. The molecule has 2 N–H and O–H groups in total. The summed E-state index contributed by atoms with van der Waals surface area (Å²) in [4.78, 5) is 16.2. The Balaban J connectivity index is 2.07. The first-order valence-corrected chi connectivity index (χ1v) is 6.60. The molecule has 1 heterocycles. The van der Waals surface area contributed by atoms with E-state index in [1.807, 2.05) is 36.4 Å². The van der Waals surface area contributed by atoms with Gasteiger partial charge in [-0.2, -0.15) is 0 Å². The van der Waals surface area contributed by atoms with Crippen LogP contribution in [-0.2, 0) is 11.2 Å². The van der Waals surface area contributed by atoms with E-state index in [9.17, 15) is 4.79 Å². The van der Waals surface area contributed by atoms with E-state index in [1.165, 1.54) is 0 Å². The first kappa shape index (κ1) is 11.9. The molecule has 0 saturated heterocycles. The van der Waals surface area contributed by atoms with E-state index in [1.54, 1.807) is 0 Å². The second-order valence-electron chi connectivity index (χ2n) is 4.95. The number of hydrogen-bond acceptors (Lipinski definition) is 2. The number of aryl methyl sites for hydroxylation is 1. The van der Waals surface area contributed by atoms with E-state index in [-0.39, 0.29) is 11.8 Å². The molecule has 0 spiro atoms. The van der Waals surface area contributed by atoms with Crippen molar-refractivity contribution in [3.63, 3.8) is 0 Å². The van der Waals surface area contributed by atoms with Crippen molar-refractivity contribution >= 4 is 5.91 Å². The Bertz CT molecular complexity index is 607. The van der Waals surface area contributed by atoms with Crippen molar-refractivity contribution in [1.82, 2.24) is 4.98 Å². The monoisotopic (exact) mass is 252 g/mol. The van der Waals surface area contributed by atoms with Crippen molar-refractivity contribution in [3.05, 3.63) is 53.7 Å². The van der Waals surface area contributed by atoms with E-state index in [2.05, 4.69) is 11.1 Å². The maximum atomic E-state index is 11.5. The number of aromatic nitrogens is 1. The van der Waals surface area contributed by atoms with Crippen molar-refractivity contribution < 1.29 is 4.79 Å². The van der Waals surface area contributed by atoms with Gasteiger partial charge in [0.15, 0.2) is 0 Å². The number of nitrogens with two attached hydrogens (primary N) is 1. The fraction of sp³-hybridized carbons (Fsp3) is 0.250. The van der Waals surface area contributed by atoms with Crippen molar-refractivity contribution in [1.29, 1.82) is 0 Å². The van der Waals surface area contributed by atoms with Gasteiger partial charge in [0.25, 0.3) is 0 Å². The Morgan fingerprint density at radius 2 is 1.95 bits per heavy atom. The Kier molecular flexibility index (Phi) is 3.03. The first-order chi connectivity index (χ1) is 9.25. The number of fused-ring (bicyclic) bond motifs is 1. The lowest BCUT2D eigenvalue weighted by Crippen LogP contribution is -2.26. The summed E-state index contributed by atoms with van der Waals surface area (Å²) >= 11 is 0. The molecular weight excluding hydrogens is 236 g/mol. The number of primary amides is 1. The predicted octanol–water partition coefficient (Wildman–Crippen LogP) is 2.65. The normalized spacial score (nSPS) is 17.8. The topological polar surface area (TPSA) is 56.0 Å². The third-order valence-electron chi connectivity index (χ3n) is 3.69. The molecule has 0 radical (unpaired) electrons. The van der Waals surface area contributed by atoms with Gasteiger partial charge in [-0.05, 0) is 30.9 Å². The minimum atomic E-state index is -0.265. The summed E-state index contributed by atoms with van der Waals surface area (Å²) in [6.07, 6.45) is 2.81. The number of hydrogen-bond donors (Lipinski definition) is 1. The zero-order chi connectivity index (χ0) is 13.2. The standard InChI is InChI=1S/C16H16N2O/c17-16(19)13-8-4-7-12-9-10-14(18-15(12)13)11-5-2-1-3-6-11/h1-3,5-6,9-10,13H,4,7-8H2,(H2,17,19)/t13-/m1/s1. The predicted molar refractivity (Wildman–Crippen MR) is 74.5 cm³/mol. The highest BCUT2D eigenvalue weighted by Crippen LogP contribution is 2.31. The third-order valence-corrected chi connectivity index (χ3v) is 3.69. The lowest BCUT2D eigenvalue weighted by atomic mass is 9.86. The molecule has 0 unspecified atom stereocenters. The SMILES string of the molecule is NC(=O)[C@@H]1CCCc2ccc(-c3ccccc3)nc21. The van der Waals surface area contributed by atoms with Crippen LogP contribution in [0.3, 0.4) is 0 Å². The number of carbonyl (C=O) groups is 1. The van der Waals surface area contributed by atoms with Crippen LogP contribution in [0.5, 0.6) is 0 Å². The zero-order valence-corrected chi connectivity index (χ0v) is 10.7. The van der Waals surface area contributed by atoms with E-state index in [4.69, 9.17) is 5.73 Å². The second kappa shape index (κ2) is 4.84.